The van der Waals surface area contributed by atoms with Crippen LogP contribution in [0.15, 0.2) is 66.0 Å². The van der Waals surface area contributed by atoms with Crippen LogP contribution in [-0.4, -0.2) is 25.5 Å². The lowest BCUT2D eigenvalue weighted by atomic mass is 10.0. The van der Waals surface area contributed by atoms with Gasteiger partial charge < -0.3 is 9.47 Å². The van der Waals surface area contributed by atoms with Gasteiger partial charge in [0.2, 0.25) is 5.78 Å². The average molecular weight is 366 g/mol. The highest BCUT2D eigenvalue weighted by Gasteiger charge is 2.19. The van der Waals surface area contributed by atoms with Gasteiger partial charge in [0.05, 0.1) is 24.2 Å². The summed E-state index contributed by atoms with van der Waals surface area (Å²) in [5, 5.41) is 1.84. The first-order valence-electron chi connectivity index (χ1n) is 8.16. The Hall–Kier alpha value is -2.92. The number of thiophene rings is 1. The molecule has 0 spiro atoms. The van der Waals surface area contributed by atoms with Gasteiger partial charge in [-0.05, 0) is 35.2 Å². The number of esters is 1. The second kappa shape index (κ2) is 8.45. The molecular weight excluding hydrogens is 348 g/mol. The van der Waals surface area contributed by atoms with Crippen molar-refractivity contribution in [2.75, 3.05) is 13.7 Å². The predicted molar refractivity (Wildman–Crippen MR) is 101 cm³/mol. The Morgan fingerprint density at radius 3 is 2.50 bits per heavy atom. The fraction of sp³-hybridized carbons (Fsp3) is 0.143. The van der Waals surface area contributed by atoms with Gasteiger partial charge in [-0.1, -0.05) is 36.4 Å². The first-order valence-corrected chi connectivity index (χ1v) is 9.04. The zero-order valence-electron chi connectivity index (χ0n) is 14.3. The fourth-order valence-electron chi connectivity index (χ4n) is 2.57. The molecule has 132 valence electrons. The fourth-order valence-corrected chi connectivity index (χ4v) is 3.24. The molecule has 0 radical (unpaired) electrons. The summed E-state index contributed by atoms with van der Waals surface area (Å²) in [6, 6.07) is 17.9. The van der Waals surface area contributed by atoms with Gasteiger partial charge in [0.15, 0.2) is 0 Å². The molecule has 0 unspecified atom stereocenters. The lowest BCUT2D eigenvalue weighted by Gasteiger charge is -2.09. The van der Waals surface area contributed by atoms with E-state index < -0.39 is 5.97 Å². The van der Waals surface area contributed by atoms with Crippen molar-refractivity contribution < 1.29 is 19.1 Å². The SMILES string of the molecule is COc1cccc(CCOC(=O)c2ccccc2C(=O)c2cccs2)c1. The summed E-state index contributed by atoms with van der Waals surface area (Å²) >= 11 is 1.35. The molecule has 0 saturated carbocycles. The van der Waals surface area contributed by atoms with Gasteiger partial charge in [-0.2, -0.15) is 0 Å². The number of carbonyl (C=O) groups excluding carboxylic acids is 2. The molecule has 0 fully saturated rings. The summed E-state index contributed by atoms with van der Waals surface area (Å²) < 4.78 is 10.6. The Kier molecular flexibility index (Phi) is 5.81. The molecule has 0 N–H and O–H groups in total. The Bertz CT molecular complexity index is 900. The highest BCUT2D eigenvalue weighted by Crippen LogP contribution is 2.19. The second-order valence-electron chi connectivity index (χ2n) is 5.59. The molecule has 0 aliphatic heterocycles. The minimum Gasteiger partial charge on any atom is -0.497 e. The average Bonchev–Trinajstić information content (AvgIpc) is 3.22. The third-order valence-corrected chi connectivity index (χ3v) is 4.76. The van der Waals surface area contributed by atoms with Crippen LogP contribution >= 0.6 is 11.3 Å². The topological polar surface area (TPSA) is 52.6 Å². The van der Waals surface area contributed by atoms with E-state index in [4.69, 9.17) is 9.47 Å². The summed E-state index contributed by atoms with van der Waals surface area (Å²) in [4.78, 5) is 25.6. The van der Waals surface area contributed by atoms with E-state index in [9.17, 15) is 9.59 Å². The van der Waals surface area contributed by atoms with Crippen LogP contribution in [-0.2, 0) is 11.2 Å². The van der Waals surface area contributed by atoms with E-state index in [1.54, 1.807) is 37.4 Å². The van der Waals surface area contributed by atoms with Crippen molar-refractivity contribution in [3.63, 3.8) is 0 Å². The van der Waals surface area contributed by atoms with Gasteiger partial charge in [0.25, 0.3) is 0 Å². The highest BCUT2D eigenvalue weighted by atomic mass is 32.1. The molecule has 5 heteroatoms. The van der Waals surface area contributed by atoms with Crippen LogP contribution in [0.5, 0.6) is 5.75 Å². The Morgan fingerprint density at radius 1 is 0.962 bits per heavy atom. The molecule has 1 aromatic heterocycles. The van der Waals surface area contributed by atoms with E-state index in [0.29, 0.717) is 16.9 Å². The largest absolute Gasteiger partial charge is 0.497 e. The number of hydrogen-bond donors (Lipinski definition) is 0. The molecule has 1 heterocycles. The second-order valence-corrected chi connectivity index (χ2v) is 6.54. The van der Waals surface area contributed by atoms with Crippen molar-refractivity contribution in [1.29, 1.82) is 0 Å². The predicted octanol–water partition coefficient (Wildman–Crippen LogP) is 4.39. The number of benzene rings is 2. The maximum atomic E-state index is 12.6. The van der Waals surface area contributed by atoms with Gasteiger partial charge in [-0.3, -0.25) is 4.79 Å². The van der Waals surface area contributed by atoms with Crippen LogP contribution in [0.4, 0.5) is 0 Å². The molecule has 0 aliphatic rings. The molecule has 0 saturated heterocycles. The summed E-state index contributed by atoms with van der Waals surface area (Å²) in [6.07, 6.45) is 0.573. The van der Waals surface area contributed by atoms with E-state index in [0.717, 1.165) is 11.3 Å². The van der Waals surface area contributed by atoms with Gasteiger partial charge in [-0.25, -0.2) is 4.79 Å². The standard InChI is InChI=1S/C21H18O4S/c1-24-16-7-4-6-15(14-16)11-12-25-21(23)18-9-3-2-8-17(18)20(22)19-10-5-13-26-19/h2-10,13-14H,11-12H2,1H3. The van der Waals surface area contributed by atoms with Gasteiger partial charge in [0, 0.05) is 12.0 Å². The first-order chi connectivity index (χ1) is 12.7. The van der Waals surface area contributed by atoms with Crippen LogP contribution in [0.2, 0.25) is 0 Å². The third kappa shape index (κ3) is 4.18. The lowest BCUT2D eigenvalue weighted by Crippen LogP contribution is -2.13. The van der Waals surface area contributed by atoms with Crippen LogP contribution in [0.25, 0.3) is 0 Å². The monoisotopic (exact) mass is 366 g/mol. The van der Waals surface area contributed by atoms with Crippen molar-refractivity contribution in [3.8, 4) is 5.75 Å². The molecule has 0 amide bonds. The smallest absolute Gasteiger partial charge is 0.338 e. The number of rotatable bonds is 7. The third-order valence-electron chi connectivity index (χ3n) is 3.89. The van der Waals surface area contributed by atoms with Gasteiger partial charge in [0.1, 0.15) is 5.75 Å². The van der Waals surface area contributed by atoms with E-state index in [-0.39, 0.29) is 18.0 Å². The number of methoxy groups -OCH3 is 1. The Morgan fingerprint density at radius 2 is 1.77 bits per heavy atom. The van der Waals surface area contributed by atoms with Crippen LogP contribution in [0.3, 0.4) is 0 Å². The van der Waals surface area contributed by atoms with Gasteiger partial charge >= 0.3 is 5.97 Å². The molecule has 3 rings (SSSR count). The van der Waals surface area contributed by atoms with Crippen molar-refractivity contribution in [1.82, 2.24) is 0 Å². The lowest BCUT2D eigenvalue weighted by molar-refractivity contribution is 0.0506. The first kappa shape index (κ1) is 17.9. The highest BCUT2D eigenvalue weighted by molar-refractivity contribution is 7.12. The molecule has 2 aromatic carbocycles. The maximum Gasteiger partial charge on any atom is 0.338 e. The Labute approximate surface area is 156 Å². The van der Waals surface area contributed by atoms with Crippen molar-refractivity contribution in [3.05, 3.63) is 87.6 Å². The van der Waals surface area contributed by atoms with E-state index in [1.165, 1.54) is 11.3 Å². The van der Waals surface area contributed by atoms with E-state index in [1.807, 2.05) is 35.7 Å². The molecule has 0 aliphatic carbocycles. The molecule has 3 aromatic rings. The zero-order chi connectivity index (χ0) is 18.4. The van der Waals surface area contributed by atoms with Crippen LogP contribution in [0, 0.1) is 0 Å². The van der Waals surface area contributed by atoms with Crippen molar-refractivity contribution in [2.45, 2.75) is 6.42 Å². The number of carbonyl (C=O) groups is 2. The molecule has 26 heavy (non-hydrogen) atoms. The summed E-state index contributed by atoms with van der Waals surface area (Å²) in [5.74, 6) is 0.106. The maximum absolute atomic E-state index is 12.6. The summed E-state index contributed by atoms with van der Waals surface area (Å²) in [5.41, 5.74) is 1.66. The van der Waals surface area contributed by atoms with E-state index >= 15 is 0 Å². The molecule has 4 nitrogen and oxygen atoms in total. The quantitative estimate of drug-likeness (QED) is 0.460. The van der Waals surface area contributed by atoms with Crippen molar-refractivity contribution >= 4 is 23.1 Å². The summed E-state index contributed by atoms with van der Waals surface area (Å²) in [6.45, 7) is 0.230. The van der Waals surface area contributed by atoms with E-state index in [2.05, 4.69) is 0 Å². The minimum absolute atomic E-state index is 0.166. The van der Waals surface area contributed by atoms with Crippen LogP contribution in [0.1, 0.15) is 31.2 Å². The number of ether oxygens (including phenoxy) is 2. The van der Waals surface area contributed by atoms with Crippen molar-refractivity contribution in [2.24, 2.45) is 0 Å². The van der Waals surface area contributed by atoms with Crippen LogP contribution < -0.4 is 4.74 Å². The summed E-state index contributed by atoms with van der Waals surface area (Å²) in [7, 11) is 1.61. The van der Waals surface area contributed by atoms with Gasteiger partial charge in [-0.15, -0.1) is 11.3 Å². The molecule has 0 atom stereocenters. The zero-order valence-corrected chi connectivity index (χ0v) is 15.1. The molecular formula is C21H18O4S. The minimum atomic E-state index is -0.492. The molecule has 0 bridgehead atoms. The normalized spacial score (nSPS) is 10.3. The number of hydrogen-bond acceptors (Lipinski definition) is 5. The Balaban J connectivity index is 1.67. The number of ketones is 1.